The lowest BCUT2D eigenvalue weighted by Gasteiger charge is -1.95. The first kappa shape index (κ1) is 16.9. The van der Waals surface area contributed by atoms with Crippen molar-refractivity contribution in [3.8, 4) is 0 Å². The second-order valence-electron chi connectivity index (χ2n) is 1.49. The molecule has 11 heavy (non-hydrogen) atoms. The lowest BCUT2D eigenvalue weighted by molar-refractivity contribution is 0.142. The van der Waals surface area contributed by atoms with Crippen LogP contribution in [-0.2, 0) is 4.84 Å². The molecule has 6 N–H and O–H groups in total. The highest BCUT2D eigenvalue weighted by molar-refractivity contribution is 5.85. The summed E-state index contributed by atoms with van der Waals surface area (Å²) in [6, 6.07) is 0. The highest BCUT2D eigenvalue weighted by Crippen LogP contribution is 1.78. The summed E-state index contributed by atoms with van der Waals surface area (Å²) in [6.07, 6.45) is 0.761. The molecule has 0 bridgehead atoms. The number of nitrogens with zero attached hydrogens (tertiary/aromatic N) is 1. The molecule has 0 spiro atoms. The van der Waals surface area contributed by atoms with Crippen LogP contribution in [0.15, 0.2) is 5.16 Å². The van der Waals surface area contributed by atoms with Gasteiger partial charge in [0.05, 0.1) is 0 Å². The van der Waals surface area contributed by atoms with Gasteiger partial charge in [-0.25, -0.2) is 0 Å². The van der Waals surface area contributed by atoms with Crippen molar-refractivity contribution in [2.45, 2.75) is 6.42 Å². The van der Waals surface area contributed by atoms with Gasteiger partial charge in [0.1, 0.15) is 6.61 Å². The van der Waals surface area contributed by atoms with Crippen LogP contribution in [0.1, 0.15) is 6.42 Å². The Morgan fingerprint density at radius 1 is 1.27 bits per heavy atom. The van der Waals surface area contributed by atoms with Crippen LogP contribution in [0.3, 0.4) is 0 Å². The molecule has 0 saturated heterocycles. The lowest BCUT2D eigenvalue weighted by atomic mass is 10.5. The molecule has 0 aliphatic heterocycles. The van der Waals surface area contributed by atoms with E-state index >= 15 is 0 Å². The predicted octanol–water partition coefficient (Wildman–Crippen LogP) is -0.616. The molecule has 0 rings (SSSR count). The van der Waals surface area contributed by atoms with Gasteiger partial charge in [-0.15, -0.1) is 24.8 Å². The van der Waals surface area contributed by atoms with Gasteiger partial charge < -0.3 is 22.0 Å². The average molecular weight is 205 g/mol. The maximum absolute atomic E-state index is 5.15. The minimum absolute atomic E-state index is 0. The quantitative estimate of drug-likeness (QED) is 0.246. The van der Waals surface area contributed by atoms with E-state index in [4.69, 9.17) is 17.2 Å². The highest BCUT2D eigenvalue weighted by Gasteiger charge is 1.82. The predicted molar refractivity (Wildman–Crippen MR) is 49.9 cm³/mol. The van der Waals surface area contributed by atoms with Crippen molar-refractivity contribution in [2.24, 2.45) is 22.4 Å². The van der Waals surface area contributed by atoms with Crippen LogP contribution in [0, 0.1) is 0 Å². The average Bonchev–Trinajstić information content (AvgIpc) is 1.80. The summed E-state index contributed by atoms with van der Waals surface area (Å²) in [4.78, 5) is 4.59. The van der Waals surface area contributed by atoms with E-state index in [0.717, 1.165) is 6.42 Å². The normalized spacial score (nSPS) is 7.00. The van der Waals surface area contributed by atoms with Crippen molar-refractivity contribution < 1.29 is 4.84 Å². The van der Waals surface area contributed by atoms with Crippen LogP contribution in [-0.4, -0.2) is 19.1 Å². The Morgan fingerprint density at radius 2 is 1.82 bits per heavy atom. The first-order valence-electron chi connectivity index (χ1n) is 2.68. The van der Waals surface area contributed by atoms with Crippen LogP contribution in [0.4, 0.5) is 0 Å². The number of guanidine groups is 1. The van der Waals surface area contributed by atoms with Crippen molar-refractivity contribution in [3.63, 3.8) is 0 Å². The van der Waals surface area contributed by atoms with E-state index in [0.29, 0.717) is 13.2 Å². The lowest BCUT2D eigenvalue weighted by Crippen LogP contribution is -2.23. The zero-order chi connectivity index (χ0) is 7.11. The summed E-state index contributed by atoms with van der Waals surface area (Å²) >= 11 is 0. The molecule has 70 valence electrons. The first-order chi connectivity index (χ1) is 4.27. The molecule has 0 unspecified atom stereocenters. The van der Waals surface area contributed by atoms with Crippen LogP contribution < -0.4 is 17.2 Å². The van der Waals surface area contributed by atoms with Crippen molar-refractivity contribution in [2.75, 3.05) is 13.2 Å². The van der Waals surface area contributed by atoms with Crippen LogP contribution in [0.25, 0.3) is 0 Å². The maximum Gasteiger partial charge on any atom is 0.228 e. The minimum Gasteiger partial charge on any atom is -0.393 e. The zero-order valence-corrected chi connectivity index (χ0v) is 7.66. The third kappa shape index (κ3) is 17.7. The Bertz CT molecular complexity index is 96.1. The number of rotatable bonds is 4. The summed E-state index contributed by atoms with van der Waals surface area (Å²) in [5.74, 6) is -0.0629. The molecule has 0 aromatic rings. The molecule has 0 aromatic carbocycles. The highest BCUT2D eigenvalue weighted by atomic mass is 35.5. The molecule has 0 heterocycles. The van der Waals surface area contributed by atoms with Gasteiger partial charge in [0.2, 0.25) is 5.96 Å². The summed E-state index contributed by atoms with van der Waals surface area (Å²) in [6.45, 7) is 1.05. The van der Waals surface area contributed by atoms with E-state index in [1.54, 1.807) is 0 Å². The van der Waals surface area contributed by atoms with Crippen LogP contribution >= 0.6 is 24.8 Å². The smallest absolute Gasteiger partial charge is 0.228 e. The van der Waals surface area contributed by atoms with Gasteiger partial charge in [-0.1, -0.05) is 0 Å². The maximum atomic E-state index is 5.15. The Balaban J connectivity index is -0.000000320. The zero-order valence-electron chi connectivity index (χ0n) is 6.03. The Hall–Kier alpha value is -0.390. The molecule has 0 aliphatic carbocycles. The van der Waals surface area contributed by atoms with Crippen molar-refractivity contribution >= 4 is 30.8 Å². The van der Waals surface area contributed by atoms with Gasteiger partial charge in [0.15, 0.2) is 0 Å². The standard InChI is InChI=1S/C4H12N4O.2ClH/c5-2-1-3-9-8-4(6)7;;/h1-3,5H2,(H4,6,7,8);2*1H. The third-order valence-corrected chi connectivity index (χ3v) is 0.610. The van der Waals surface area contributed by atoms with E-state index in [-0.39, 0.29) is 30.8 Å². The topological polar surface area (TPSA) is 99.6 Å². The summed E-state index contributed by atoms with van der Waals surface area (Å²) < 4.78 is 0. The van der Waals surface area contributed by atoms with Gasteiger partial charge in [-0.05, 0) is 18.1 Å². The minimum atomic E-state index is -0.0629. The van der Waals surface area contributed by atoms with Crippen molar-refractivity contribution in [1.82, 2.24) is 0 Å². The second kappa shape index (κ2) is 12.3. The number of nitrogens with two attached hydrogens (primary N) is 3. The van der Waals surface area contributed by atoms with E-state index in [1.165, 1.54) is 0 Å². The third-order valence-electron chi connectivity index (χ3n) is 0.610. The molecule has 0 aromatic heterocycles. The molecular formula is C4H14Cl2N4O. The molecule has 7 heteroatoms. The fraction of sp³-hybridized carbons (Fsp3) is 0.750. The molecule has 0 radical (unpaired) electrons. The molecule has 5 nitrogen and oxygen atoms in total. The largest absolute Gasteiger partial charge is 0.393 e. The van der Waals surface area contributed by atoms with E-state index in [1.807, 2.05) is 0 Å². The molecule has 0 amide bonds. The van der Waals surface area contributed by atoms with E-state index in [9.17, 15) is 0 Å². The molecule has 0 atom stereocenters. The SMILES string of the molecule is Cl.Cl.NCCCON=C(N)N. The van der Waals surface area contributed by atoms with Crippen molar-refractivity contribution in [1.29, 1.82) is 0 Å². The first-order valence-corrected chi connectivity index (χ1v) is 2.68. The van der Waals surface area contributed by atoms with Crippen LogP contribution in [0.5, 0.6) is 0 Å². The number of hydrogen-bond donors (Lipinski definition) is 3. The number of hydrogen-bond acceptors (Lipinski definition) is 3. The fourth-order valence-corrected chi connectivity index (χ4v) is 0.268. The van der Waals surface area contributed by atoms with E-state index in [2.05, 4.69) is 9.99 Å². The summed E-state index contributed by atoms with van der Waals surface area (Å²) in [5.41, 5.74) is 15.0. The Kier molecular flexibility index (Phi) is 18.9. The molecule has 0 fully saturated rings. The van der Waals surface area contributed by atoms with Gasteiger partial charge in [0, 0.05) is 0 Å². The monoisotopic (exact) mass is 204 g/mol. The van der Waals surface area contributed by atoms with Crippen LogP contribution in [0.2, 0.25) is 0 Å². The van der Waals surface area contributed by atoms with Gasteiger partial charge in [-0.3, -0.25) is 0 Å². The van der Waals surface area contributed by atoms with Crippen molar-refractivity contribution in [3.05, 3.63) is 0 Å². The van der Waals surface area contributed by atoms with Gasteiger partial charge in [-0.2, -0.15) is 0 Å². The molecule has 0 aliphatic rings. The summed E-state index contributed by atoms with van der Waals surface area (Å²) in [7, 11) is 0. The van der Waals surface area contributed by atoms with Gasteiger partial charge in [0.25, 0.3) is 0 Å². The summed E-state index contributed by atoms with van der Waals surface area (Å²) in [5, 5.41) is 3.28. The molecular weight excluding hydrogens is 191 g/mol. The Labute approximate surface area is 78.1 Å². The van der Waals surface area contributed by atoms with E-state index < -0.39 is 0 Å². The Morgan fingerprint density at radius 3 is 2.18 bits per heavy atom. The fourth-order valence-electron chi connectivity index (χ4n) is 0.268. The number of oxime groups is 1. The van der Waals surface area contributed by atoms with Gasteiger partial charge >= 0.3 is 0 Å². The molecule has 0 saturated carbocycles. The second-order valence-corrected chi connectivity index (χ2v) is 1.49. The number of halogens is 2.